The van der Waals surface area contributed by atoms with Crippen molar-refractivity contribution >= 4 is 16.0 Å². The van der Waals surface area contributed by atoms with E-state index in [9.17, 15) is 13.2 Å². The van der Waals surface area contributed by atoms with Crippen molar-refractivity contribution in [1.29, 1.82) is 0 Å². The second-order valence-corrected chi connectivity index (χ2v) is 9.91. The summed E-state index contributed by atoms with van der Waals surface area (Å²) in [6.45, 7) is 2.98. The molecule has 2 atom stereocenters. The maximum Gasteiger partial charge on any atom is 0.325 e. The van der Waals surface area contributed by atoms with Gasteiger partial charge in [-0.15, -0.1) is 0 Å². The fourth-order valence-corrected chi connectivity index (χ4v) is 5.31. The minimum Gasteiger partial charge on any atom is -0.456 e. The third kappa shape index (κ3) is 5.28. The molecule has 0 bridgehead atoms. The third-order valence-corrected chi connectivity index (χ3v) is 7.29. The van der Waals surface area contributed by atoms with Crippen LogP contribution in [-0.2, 0) is 19.6 Å². The molecule has 7 heteroatoms. The van der Waals surface area contributed by atoms with Gasteiger partial charge in [0.25, 0.3) is 0 Å². The lowest BCUT2D eigenvalue weighted by atomic mass is 10.1. The molecule has 162 valence electrons. The van der Waals surface area contributed by atoms with Crippen molar-refractivity contribution in [2.24, 2.45) is 0 Å². The topological polar surface area (TPSA) is 66.9 Å². The van der Waals surface area contributed by atoms with E-state index in [1.54, 1.807) is 24.3 Å². The van der Waals surface area contributed by atoms with Crippen LogP contribution in [0.15, 0.2) is 59.5 Å². The predicted molar refractivity (Wildman–Crippen MR) is 117 cm³/mol. The van der Waals surface area contributed by atoms with E-state index in [0.717, 1.165) is 17.7 Å². The number of nitrogens with zero attached hydrogens (tertiary/aromatic N) is 2. The van der Waals surface area contributed by atoms with Gasteiger partial charge in [0.1, 0.15) is 12.1 Å². The van der Waals surface area contributed by atoms with Gasteiger partial charge in [-0.05, 0) is 51.6 Å². The van der Waals surface area contributed by atoms with E-state index < -0.39 is 28.1 Å². The molecule has 0 amide bonds. The molecule has 1 fully saturated rings. The summed E-state index contributed by atoms with van der Waals surface area (Å²) in [6, 6.07) is 15.5. The maximum atomic E-state index is 13.1. The number of carbonyl (C=O) groups excluding carboxylic acids is 1. The number of ether oxygens (including phenoxy) is 1. The summed E-state index contributed by atoms with van der Waals surface area (Å²) < 4.78 is 33.5. The Morgan fingerprint density at radius 1 is 1.13 bits per heavy atom. The first-order valence-corrected chi connectivity index (χ1v) is 11.7. The molecule has 1 heterocycles. The van der Waals surface area contributed by atoms with Crippen LogP contribution in [0.1, 0.15) is 36.5 Å². The smallest absolute Gasteiger partial charge is 0.325 e. The normalized spacial score (nSPS) is 18.5. The van der Waals surface area contributed by atoms with Gasteiger partial charge in [-0.3, -0.25) is 4.79 Å². The fraction of sp³-hybridized carbons (Fsp3) is 0.435. The Bertz CT molecular complexity index is 943. The van der Waals surface area contributed by atoms with Crippen molar-refractivity contribution in [3.8, 4) is 0 Å². The summed E-state index contributed by atoms with van der Waals surface area (Å²) in [7, 11) is 0.186. The molecule has 0 radical (unpaired) electrons. The van der Waals surface area contributed by atoms with Gasteiger partial charge in [0.2, 0.25) is 10.0 Å². The third-order valence-electron chi connectivity index (χ3n) is 5.37. The molecule has 30 heavy (non-hydrogen) atoms. The monoisotopic (exact) mass is 430 g/mol. The first kappa shape index (κ1) is 22.5. The lowest BCUT2D eigenvalue weighted by molar-refractivity contribution is -0.153. The van der Waals surface area contributed by atoms with Crippen LogP contribution in [0, 0.1) is 6.92 Å². The number of rotatable bonds is 8. The Kier molecular flexibility index (Phi) is 7.28. The van der Waals surface area contributed by atoms with E-state index in [1.165, 1.54) is 4.31 Å². The summed E-state index contributed by atoms with van der Waals surface area (Å²) in [5, 5.41) is 0. The second kappa shape index (κ2) is 9.73. The van der Waals surface area contributed by atoms with Crippen LogP contribution in [0.4, 0.5) is 0 Å². The van der Waals surface area contributed by atoms with E-state index in [0.29, 0.717) is 25.8 Å². The minimum atomic E-state index is -3.75. The summed E-state index contributed by atoms with van der Waals surface area (Å²) in [5.41, 5.74) is 1.90. The molecule has 1 aliphatic heterocycles. The van der Waals surface area contributed by atoms with E-state index in [1.807, 2.05) is 56.3 Å². The molecular formula is C23H30N2O4S. The highest BCUT2D eigenvalue weighted by molar-refractivity contribution is 7.89. The fourth-order valence-electron chi connectivity index (χ4n) is 3.66. The minimum absolute atomic E-state index is 0.208. The molecule has 0 aromatic heterocycles. The largest absolute Gasteiger partial charge is 0.456 e. The SMILES string of the molecule is Cc1ccc(S(=O)(=O)N2CCC[C@@H]2C(=O)O[C@H](CCN(C)C)c2ccccc2)cc1. The number of hydrogen-bond acceptors (Lipinski definition) is 5. The Morgan fingerprint density at radius 3 is 2.43 bits per heavy atom. The van der Waals surface area contributed by atoms with Crippen molar-refractivity contribution < 1.29 is 17.9 Å². The highest BCUT2D eigenvalue weighted by Crippen LogP contribution is 2.29. The van der Waals surface area contributed by atoms with Crippen molar-refractivity contribution in [2.45, 2.75) is 43.2 Å². The average molecular weight is 431 g/mol. The Morgan fingerprint density at radius 2 is 1.80 bits per heavy atom. The van der Waals surface area contributed by atoms with Gasteiger partial charge in [-0.2, -0.15) is 4.31 Å². The number of aryl methyl sites for hydroxylation is 1. The van der Waals surface area contributed by atoms with Crippen molar-refractivity contribution in [3.63, 3.8) is 0 Å². The number of esters is 1. The quantitative estimate of drug-likeness (QED) is 0.601. The molecule has 3 rings (SSSR count). The van der Waals surface area contributed by atoms with Gasteiger partial charge in [-0.1, -0.05) is 48.0 Å². The van der Waals surface area contributed by atoms with Crippen LogP contribution in [0.25, 0.3) is 0 Å². The predicted octanol–water partition coefficient (Wildman–Crippen LogP) is 3.38. The van der Waals surface area contributed by atoms with Crippen molar-refractivity contribution in [1.82, 2.24) is 9.21 Å². The molecule has 0 aliphatic carbocycles. The van der Waals surface area contributed by atoms with Gasteiger partial charge < -0.3 is 9.64 Å². The number of carbonyl (C=O) groups is 1. The molecule has 2 aromatic rings. The Labute approximate surface area is 179 Å². The molecule has 0 unspecified atom stereocenters. The standard InChI is InChI=1S/C23H30N2O4S/c1-18-11-13-20(14-12-18)30(27,28)25-16-7-10-21(25)23(26)29-22(15-17-24(2)3)19-8-5-4-6-9-19/h4-6,8-9,11-14,21-22H,7,10,15-17H2,1-3H3/t21-,22-/m1/s1. The first-order valence-electron chi connectivity index (χ1n) is 10.3. The second-order valence-electron chi connectivity index (χ2n) is 8.01. The highest BCUT2D eigenvalue weighted by Gasteiger charge is 2.41. The molecular weight excluding hydrogens is 400 g/mol. The average Bonchev–Trinajstić information content (AvgIpc) is 3.23. The molecule has 0 saturated carbocycles. The van der Waals surface area contributed by atoms with Crippen molar-refractivity contribution in [3.05, 3.63) is 65.7 Å². The summed E-state index contributed by atoms with van der Waals surface area (Å²) >= 11 is 0. The van der Waals surface area contributed by atoms with E-state index in [-0.39, 0.29) is 4.90 Å². The molecule has 1 saturated heterocycles. The highest BCUT2D eigenvalue weighted by atomic mass is 32.2. The zero-order valence-corrected chi connectivity index (χ0v) is 18.6. The maximum absolute atomic E-state index is 13.1. The van der Waals surface area contributed by atoms with Crippen LogP contribution in [0.3, 0.4) is 0 Å². The van der Waals surface area contributed by atoms with Crippen LogP contribution >= 0.6 is 0 Å². The Balaban J connectivity index is 1.79. The van der Waals surface area contributed by atoms with Gasteiger partial charge in [0.15, 0.2) is 0 Å². The zero-order chi connectivity index (χ0) is 21.7. The summed E-state index contributed by atoms with van der Waals surface area (Å²) in [6.07, 6.45) is 1.34. The number of hydrogen-bond donors (Lipinski definition) is 0. The van der Waals surface area contributed by atoms with Gasteiger partial charge in [0, 0.05) is 19.5 Å². The van der Waals surface area contributed by atoms with Gasteiger partial charge >= 0.3 is 5.97 Å². The summed E-state index contributed by atoms with van der Waals surface area (Å²) in [4.78, 5) is 15.3. The van der Waals surface area contributed by atoms with Gasteiger partial charge in [0.05, 0.1) is 4.90 Å². The van der Waals surface area contributed by atoms with Crippen LogP contribution < -0.4 is 0 Å². The van der Waals surface area contributed by atoms with Crippen LogP contribution in [-0.4, -0.2) is 56.8 Å². The van der Waals surface area contributed by atoms with E-state index in [2.05, 4.69) is 0 Å². The Hall–Kier alpha value is -2.22. The van der Waals surface area contributed by atoms with E-state index >= 15 is 0 Å². The molecule has 6 nitrogen and oxygen atoms in total. The van der Waals surface area contributed by atoms with Gasteiger partial charge in [-0.25, -0.2) is 8.42 Å². The lowest BCUT2D eigenvalue weighted by Gasteiger charge is -2.26. The number of sulfonamides is 1. The van der Waals surface area contributed by atoms with Crippen molar-refractivity contribution in [2.75, 3.05) is 27.2 Å². The zero-order valence-electron chi connectivity index (χ0n) is 17.8. The number of benzene rings is 2. The molecule has 0 spiro atoms. The lowest BCUT2D eigenvalue weighted by Crippen LogP contribution is -2.41. The molecule has 0 N–H and O–H groups in total. The molecule has 1 aliphatic rings. The van der Waals surface area contributed by atoms with Crippen LogP contribution in [0.2, 0.25) is 0 Å². The van der Waals surface area contributed by atoms with Crippen LogP contribution in [0.5, 0.6) is 0 Å². The first-order chi connectivity index (χ1) is 14.3. The van der Waals surface area contributed by atoms with E-state index in [4.69, 9.17) is 4.74 Å². The molecule has 2 aromatic carbocycles. The summed E-state index contributed by atoms with van der Waals surface area (Å²) in [5.74, 6) is -0.476.